The van der Waals surface area contributed by atoms with Gasteiger partial charge < -0.3 is 0 Å². The van der Waals surface area contributed by atoms with Gasteiger partial charge in [0, 0.05) is 118 Å². The SMILES string of the molecule is CC.[Na].[Na].[Na].[Na]. The third-order valence-corrected chi connectivity index (χ3v) is 0. The van der Waals surface area contributed by atoms with Crippen LogP contribution in [0.2, 0.25) is 0 Å². The normalized spacial score (nSPS) is 1.00. The molecule has 18 valence electrons. The van der Waals surface area contributed by atoms with Gasteiger partial charge in [-0.2, -0.15) is 0 Å². The number of hydrogen-bond acceptors (Lipinski definition) is 0. The minimum Gasteiger partial charge on any atom is -0.0683 e. The molecule has 0 aromatic heterocycles. The Balaban J connectivity index is -0.000000000833. The molecule has 0 spiro atoms. The smallest absolute Gasteiger partial charge is 0 e. The summed E-state index contributed by atoms with van der Waals surface area (Å²) in [7, 11) is 0. The summed E-state index contributed by atoms with van der Waals surface area (Å²) >= 11 is 0. The molecule has 0 fully saturated rings. The molecule has 0 amide bonds. The molecule has 0 aliphatic heterocycles. The fourth-order valence-corrected chi connectivity index (χ4v) is 0. The second kappa shape index (κ2) is 36.0. The molecule has 0 aliphatic carbocycles. The number of rotatable bonds is 0. The Morgan fingerprint density at radius 2 is 0.500 bits per heavy atom. The monoisotopic (exact) mass is 122 g/mol. The van der Waals surface area contributed by atoms with E-state index in [1.54, 1.807) is 0 Å². The van der Waals surface area contributed by atoms with Gasteiger partial charge in [-0.05, 0) is 0 Å². The Morgan fingerprint density at radius 3 is 0.500 bits per heavy atom. The van der Waals surface area contributed by atoms with Crippen LogP contribution >= 0.6 is 0 Å². The van der Waals surface area contributed by atoms with Crippen LogP contribution in [0.15, 0.2) is 0 Å². The zero-order valence-electron chi connectivity index (χ0n) is 6.00. The van der Waals surface area contributed by atoms with Gasteiger partial charge in [0.15, 0.2) is 0 Å². The van der Waals surface area contributed by atoms with E-state index in [0.717, 1.165) is 0 Å². The Kier molecular flexibility index (Phi) is 194. The van der Waals surface area contributed by atoms with Crippen molar-refractivity contribution in [2.75, 3.05) is 0 Å². The summed E-state index contributed by atoms with van der Waals surface area (Å²) in [5, 5.41) is 0. The van der Waals surface area contributed by atoms with Crippen LogP contribution in [0.5, 0.6) is 0 Å². The van der Waals surface area contributed by atoms with Crippen molar-refractivity contribution in [1.29, 1.82) is 0 Å². The average molecular weight is 122 g/mol. The van der Waals surface area contributed by atoms with E-state index in [1.165, 1.54) is 0 Å². The molecule has 0 aromatic rings. The standard InChI is InChI=1S/C2H6.4Na/c1-2;;;;/h1-2H3;;;;. The molecular formula is C2H6Na4. The van der Waals surface area contributed by atoms with E-state index in [0.29, 0.717) is 0 Å². The maximum absolute atomic E-state index is 2.00. The maximum atomic E-state index is 2.00. The fourth-order valence-electron chi connectivity index (χ4n) is 0. The summed E-state index contributed by atoms with van der Waals surface area (Å²) in [5.41, 5.74) is 0. The van der Waals surface area contributed by atoms with E-state index >= 15 is 0 Å². The van der Waals surface area contributed by atoms with Crippen LogP contribution in [-0.4, -0.2) is 118 Å². The minimum atomic E-state index is 0. The zero-order chi connectivity index (χ0) is 2.00. The van der Waals surface area contributed by atoms with Crippen LogP contribution in [0.3, 0.4) is 0 Å². The van der Waals surface area contributed by atoms with Crippen LogP contribution in [-0.2, 0) is 0 Å². The van der Waals surface area contributed by atoms with Crippen molar-refractivity contribution in [3.05, 3.63) is 0 Å². The molecule has 0 rings (SSSR count). The van der Waals surface area contributed by atoms with Crippen molar-refractivity contribution >= 4 is 118 Å². The minimum absolute atomic E-state index is 0. The quantitative estimate of drug-likeness (QED) is 0.380. The molecule has 0 saturated heterocycles. The summed E-state index contributed by atoms with van der Waals surface area (Å²) in [6, 6.07) is 0. The van der Waals surface area contributed by atoms with E-state index in [2.05, 4.69) is 0 Å². The van der Waals surface area contributed by atoms with E-state index in [-0.39, 0.29) is 118 Å². The summed E-state index contributed by atoms with van der Waals surface area (Å²) < 4.78 is 0. The molecule has 6 heavy (non-hydrogen) atoms. The van der Waals surface area contributed by atoms with Crippen molar-refractivity contribution in [3.8, 4) is 0 Å². The van der Waals surface area contributed by atoms with E-state index in [9.17, 15) is 0 Å². The first-order valence-electron chi connectivity index (χ1n) is 1.00. The Hall–Kier alpha value is 4.00. The Bertz CT molecular complexity index is 5.51. The van der Waals surface area contributed by atoms with Gasteiger partial charge in [0.25, 0.3) is 0 Å². The van der Waals surface area contributed by atoms with Crippen molar-refractivity contribution in [2.45, 2.75) is 13.8 Å². The van der Waals surface area contributed by atoms with Crippen LogP contribution in [0.4, 0.5) is 0 Å². The summed E-state index contributed by atoms with van der Waals surface area (Å²) in [6.07, 6.45) is 0. The molecule has 0 N–H and O–H groups in total. The van der Waals surface area contributed by atoms with Crippen LogP contribution in [0, 0.1) is 0 Å². The summed E-state index contributed by atoms with van der Waals surface area (Å²) in [6.45, 7) is 4.00. The molecule has 0 aromatic carbocycles. The molecule has 0 unspecified atom stereocenters. The average Bonchev–Trinajstić information content (AvgIpc) is 1.00. The van der Waals surface area contributed by atoms with Crippen LogP contribution in [0.1, 0.15) is 13.8 Å². The first-order valence-corrected chi connectivity index (χ1v) is 1.00. The van der Waals surface area contributed by atoms with E-state index < -0.39 is 0 Å². The molecular weight excluding hydrogens is 116 g/mol. The van der Waals surface area contributed by atoms with Gasteiger partial charge in [-0.25, -0.2) is 0 Å². The molecule has 0 saturated carbocycles. The second-order valence-electron chi connectivity index (χ2n) is 0. The van der Waals surface area contributed by atoms with E-state index in [4.69, 9.17) is 0 Å². The topological polar surface area (TPSA) is 0 Å². The molecule has 0 bridgehead atoms. The molecule has 0 nitrogen and oxygen atoms in total. The van der Waals surface area contributed by atoms with Crippen molar-refractivity contribution < 1.29 is 0 Å². The van der Waals surface area contributed by atoms with Gasteiger partial charge in [-0.15, -0.1) is 0 Å². The maximum Gasteiger partial charge on any atom is 0 e. The van der Waals surface area contributed by atoms with E-state index in [1.807, 2.05) is 13.8 Å². The van der Waals surface area contributed by atoms with Gasteiger partial charge in [-0.1, -0.05) is 13.8 Å². The second-order valence-corrected chi connectivity index (χ2v) is 0. The van der Waals surface area contributed by atoms with Crippen molar-refractivity contribution in [1.82, 2.24) is 0 Å². The fraction of sp³-hybridized carbons (Fsp3) is 1.00. The third kappa shape index (κ3) is 24.5. The van der Waals surface area contributed by atoms with Gasteiger partial charge in [0.2, 0.25) is 0 Å². The van der Waals surface area contributed by atoms with Gasteiger partial charge in [-0.3, -0.25) is 0 Å². The zero-order valence-corrected chi connectivity index (χ0v) is 14.0. The predicted molar refractivity (Wildman–Crippen MR) is 34.4 cm³/mol. The summed E-state index contributed by atoms with van der Waals surface area (Å²) in [4.78, 5) is 0. The Morgan fingerprint density at radius 1 is 0.500 bits per heavy atom. The first kappa shape index (κ1) is 32.4. The summed E-state index contributed by atoms with van der Waals surface area (Å²) in [5.74, 6) is 0. The molecule has 0 atom stereocenters. The van der Waals surface area contributed by atoms with Crippen molar-refractivity contribution in [2.24, 2.45) is 0 Å². The molecule has 4 radical (unpaired) electrons. The Labute approximate surface area is 129 Å². The van der Waals surface area contributed by atoms with Gasteiger partial charge >= 0.3 is 0 Å². The molecule has 4 heteroatoms. The van der Waals surface area contributed by atoms with Gasteiger partial charge in [0.1, 0.15) is 0 Å². The third-order valence-electron chi connectivity index (χ3n) is 0. The largest absolute Gasteiger partial charge is 0.0683 e. The predicted octanol–water partition coefficient (Wildman–Crippen LogP) is -0.497. The molecule has 0 aliphatic rings. The van der Waals surface area contributed by atoms with Crippen LogP contribution in [0.25, 0.3) is 0 Å². The number of hydrogen-bond donors (Lipinski definition) is 0. The molecule has 0 heterocycles. The van der Waals surface area contributed by atoms with Gasteiger partial charge in [0.05, 0.1) is 0 Å². The van der Waals surface area contributed by atoms with Crippen LogP contribution < -0.4 is 0 Å². The first-order chi connectivity index (χ1) is 1.00. The van der Waals surface area contributed by atoms with Crippen molar-refractivity contribution in [3.63, 3.8) is 0 Å².